The maximum atomic E-state index is 6.31. The summed E-state index contributed by atoms with van der Waals surface area (Å²) < 4.78 is 6.72. The lowest BCUT2D eigenvalue weighted by molar-refractivity contribution is 0.236. The number of hydrogen-bond donors (Lipinski definition) is 1. The molecule has 1 aliphatic heterocycles. The predicted molar refractivity (Wildman–Crippen MR) is 103 cm³/mol. The van der Waals surface area contributed by atoms with E-state index in [2.05, 4.69) is 50.4 Å². The number of benzene rings is 2. The van der Waals surface area contributed by atoms with Crippen LogP contribution in [0.3, 0.4) is 0 Å². The summed E-state index contributed by atoms with van der Waals surface area (Å²) in [7, 11) is 1.72. The van der Waals surface area contributed by atoms with Gasteiger partial charge in [0.2, 0.25) is 0 Å². The van der Waals surface area contributed by atoms with Gasteiger partial charge in [0.25, 0.3) is 0 Å². The normalized spacial score (nSPS) is 17.3. The van der Waals surface area contributed by atoms with Crippen molar-refractivity contribution in [3.63, 3.8) is 0 Å². The monoisotopic (exact) mass is 408 g/mol. The highest BCUT2D eigenvalue weighted by Gasteiger charge is 2.26. The molecule has 1 aliphatic rings. The average Bonchev–Trinajstić information content (AvgIpc) is 2.86. The second-order valence-electron chi connectivity index (χ2n) is 5.98. The second-order valence-corrected chi connectivity index (χ2v) is 7.33. The fourth-order valence-electron chi connectivity index (χ4n) is 3.28. The molecule has 1 atom stereocenters. The van der Waals surface area contributed by atoms with Gasteiger partial charge in [-0.15, -0.1) is 0 Å². The van der Waals surface area contributed by atoms with E-state index in [-0.39, 0.29) is 6.04 Å². The highest BCUT2D eigenvalue weighted by atomic mass is 79.9. The van der Waals surface area contributed by atoms with Crippen molar-refractivity contribution in [1.29, 1.82) is 0 Å². The molecule has 128 valence electrons. The molecule has 0 aliphatic carbocycles. The van der Waals surface area contributed by atoms with Gasteiger partial charge in [-0.05, 0) is 48.9 Å². The zero-order valence-corrected chi connectivity index (χ0v) is 16.1. The van der Waals surface area contributed by atoms with E-state index < -0.39 is 0 Å². The average molecular weight is 410 g/mol. The van der Waals surface area contributed by atoms with Gasteiger partial charge >= 0.3 is 0 Å². The molecular weight excluding hydrogens is 388 g/mol. The number of methoxy groups -OCH3 is 1. The summed E-state index contributed by atoms with van der Waals surface area (Å²) in [6, 6.07) is 14.5. The molecule has 0 radical (unpaired) electrons. The maximum absolute atomic E-state index is 6.31. The van der Waals surface area contributed by atoms with Crippen LogP contribution >= 0.6 is 27.5 Å². The van der Waals surface area contributed by atoms with Gasteiger partial charge in [0.1, 0.15) is 5.75 Å². The first-order valence-corrected chi connectivity index (χ1v) is 9.40. The molecule has 1 fully saturated rings. The highest BCUT2D eigenvalue weighted by Crippen LogP contribution is 2.37. The van der Waals surface area contributed by atoms with E-state index in [4.69, 9.17) is 16.3 Å². The molecule has 3 rings (SSSR count). The Bertz CT molecular complexity index is 670. The molecule has 0 spiro atoms. The fraction of sp³-hybridized carbons (Fsp3) is 0.368. The minimum absolute atomic E-state index is 0.131. The lowest BCUT2D eigenvalue weighted by Gasteiger charge is -2.32. The zero-order valence-electron chi connectivity index (χ0n) is 13.8. The number of ether oxygens (including phenoxy) is 1. The summed E-state index contributed by atoms with van der Waals surface area (Å²) in [5, 5.41) is 4.21. The largest absolute Gasteiger partial charge is 0.496 e. The lowest BCUT2D eigenvalue weighted by Crippen LogP contribution is -2.33. The topological polar surface area (TPSA) is 24.5 Å². The second kappa shape index (κ2) is 8.34. The van der Waals surface area contributed by atoms with Crippen LogP contribution in [0.15, 0.2) is 46.9 Å². The minimum Gasteiger partial charge on any atom is -0.496 e. The first-order valence-electron chi connectivity index (χ1n) is 8.22. The van der Waals surface area contributed by atoms with Crippen molar-refractivity contribution in [2.45, 2.75) is 12.5 Å². The van der Waals surface area contributed by atoms with E-state index in [0.29, 0.717) is 0 Å². The minimum atomic E-state index is 0.131. The van der Waals surface area contributed by atoms with Crippen LogP contribution in [0.5, 0.6) is 5.75 Å². The lowest BCUT2D eigenvalue weighted by atomic mass is 9.96. The molecule has 2 aromatic carbocycles. The van der Waals surface area contributed by atoms with Gasteiger partial charge in [-0.1, -0.05) is 39.7 Å². The SMILES string of the molecule is COc1ccc(Cl)cc1C(c1ccc(Br)cc1)N1CCCNCC1. The molecule has 0 amide bonds. The number of hydrogen-bond acceptors (Lipinski definition) is 3. The molecule has 0 aromatic heterocycles. The molecule has 24 heavy (non-hydrogen) atoms. The van der Waals surface area contributed by atoms with Crippen molar-refractivity contribution >= 4 is 27.5 Å². The van der Waals surface area contributed by atoms with Crippen LogP contribution < -0.4 is 10.1 Å². The van der Waals surface area contributed by atoms with Crippen LogP contribution in [-0.4, -0.2) is 38.2 Å². The maximum Gasteiger partial charge on any atom is 0.124 e. The Labute approximate surface area is 157 Å². The number of rotatable bonds is 4. The molecule has 3 nitrogen and oxygen atoms in total. The summed E-state index contributed by atoms with van der Waals surface area (Å²) in [5.41, 5.74) is 2.37. The van der Waals surface area contributed by atoms with Gasteiger partial charge in [-0.2, -0.15) is 0 Å². The third kappa shape index (κ3) is 4.12. The van der Waals surface area contributed by atoms with Crippen molar-refractivity contribution in [1.82, 2.24) is 10.2 Å². The van der Waals surface area contributed by atoms with Crippen molar-refractivity contribution in [2.75, 3.05) is 33.3 Å². The Morgan fingerprint density at radius 2 is 1.92 bits per heavy atom. The molecule has 1 saturated heterocycles. The van der Waals surface area contributed by atoms with Crippen LogP contribution in [0.1, 0.15) is 23.6 Å². The first kappa shape index (κ1) is 17.7. The van der Waals surface area contributed by atoms with Crippen molar-refractivity contribution < 1.29 is 4.74 Å². The van der Waals surface area contributed by atoms with Crippen LogP contribution in [0.25, 0.3) is 0 Å². The number of nitrogens with zero attached hydrogens (tertiary/aromatic N) is 1. The Hall–Kier alpha value is -1.07. The van der Waals surface area contributed by atoms with E-state index in [1.807, 2.05) is 18.2 Å². The van der Waals surface area contributed by atoms with Crippen LogP contribution in [0.4, 0.5) is 0 Å². The summed E-state index contributed by atoms with van der Waals surface area (Å²) in [4.78, 5) is 2.51. The van der Waals surface area contributed by atoms with E-state index >= 15 is 0 Å². The summed E-state index contributed by atoms with van der Waals surface area (Å²) >= 11 is 9.84. The molecule has 0 saturated carbocycles. The van der Waals surface area contributed by atoms with Crippen LogP contribution in [0.2, 0.25) is 5.02 Å². The van der Waals surface area contributed by atoms with Gasteiger partial charge in [0, 0.05) is 34.7 Å². The first-order chi connectivity index (χ1) is 11.7. The molecule has 5 heteroatoms. The summed E-state index contributed by atoms with van der Waals surface area (Å²) in [6.07, 6.45) is 1.13. The van der Waals surface area contributed by atoms with E-state index in [9.17, 15) is 0 Å². The molecule has 1 unspecified atom stereocenters. The molecule has 1 N–H and O–H groups in total. The van der Waals surface area contributed by atoms with Crippen molar-refractivity contribution in [2.24, 2.45) is 0 Å². The summed E-state index contributed by atoms with van der Waals surface area (Å²) in [6.45, 7) is 4.10. The van der Waals surface area contributed by atoms with Gasteiger partial charge in [-0.25, -0.2) is 0 Å². The smallest absolute Gasteiger partial charge is 0.124 e. The fourth-order valence-corrected chi connectivity index (χ4v) is 3.72. The standard InChI is InChI=1S/C19H22BrClN2O/c1-24-18-8-7-16(21)13-17(18)19(14-3-5-15(20)6-4-14)23-11-2-9-22-10-12-23/h3-8,13,19,22H,2,9-12H2,1H3. The Morgan fingerprint density at radius 3 is 2.67 bits per heavy atom. The van der Waals surface area contributed by atoms with Crippen molar-refractivity contribution in [3.8, 4) is 5.75 Å². The van der Waals surface area contributed by atoms with Gasteiger partial charge < -0.3 is 10.1 Å². The third-order valence-corrected chi connectivity index (χ3v) is 5.18. The molecular formula is C19H22BrClN2O. The van der Waals surface area contributed by atoms with Gasteiger partial charge in [0.05, 0.1) is 13.2 Å². The highest BCUT2D eigenvalue weighted by molar-refractivity contribution is 9.10. The van der Waals surface area contributed by atoms with E-state index in [1.165, 1.54) is 5.56 Å². The van der Waals surface area contributed by atoms with E-state index in [1.54, 1.807) is 7.11 Å². The summed E-state index contributed by atoms with van der Waals surface area (Å²) in [5.74, 6) is 0.879. The Kier molecular flexibility index (Phi) is 6.17. The molecule has 2 aromatic rings. The van der Waals surface area contributed by atoms with Gasteiger partial charge in [-0.3, -0.25) is 4.90 Å². The van der Waals surface area contributed by atoms with E-state index in [0.717, 1.165) is 53.4 Å². The molecule has 0 bridgehead atoms. The zero-order chi connectivity index (χ0) is 16.9. The van der Waals surface area contributed by atoms with Gasteiger partial charge in [0.15, 0.2) is 0 Å². The third-order valence-electron chi connectivity index (χ3n) is 4.41. The van der Waals surface area contributed by atoms with Crippen molar-refractivity contribution in [3.05, 3.63) is 63.1 Å². The Balaban J connectivity index is 2.07. The molecule has 1 heterocycles. The number of nitrogens with one attached hydrogen (secondary N) is 1. The predicted octanol–water partition coefficient (Wildman–Crippen LogP) is 4.50. The Morgan fingerprint density at radius 1 is 1.12 bits per heavy atom. The van der Waals surface area contributed by atoms with Crippen LogP contribution in [0, 0.1) is 0 Å². The quantitative estimate of drug-likeness (QED) is 0.805. The van der Waals surface area contributed by atoms with Crippen LogP contribution in [-0.2, 0) is 0 Å². The number of halogens is 2.